The van der Waals surface area contributed by atoms with Crippen molar-refractivity contribution in [3.05, 3.63) is 52.6 Å². The third-order valence-electron chi connectivity index (χ3n) is 2.28. The molecule has 0 radical (unpaired) electrons. The molecule has 1 heterocycles. The van der Waals surface area contributed by atoms with Gasteiger partial charge in [0, 0.05) is 16.7 Å². The molecule has 0 aliphatic carbocycles. The molecule has 0 spiro atoms. The molecule has 19 heavy (non-hydrogen) atoms. The number of carbonyl (C=O) groups excluding carboxylic acids is 1. The van der Waals surface area contributed by atoms with Gasteiger partial charge in [-0.05, 0) is 37.3 Å². The lowest BCUT2D eigenvalue weighted by Crippen LogP contribution is -2.04. The van der Waals surface area contributed by atoms with Crippen LogP contribution in [0.2, 0.25) is 0 Å². The van der Waals surface area contributed by atoms with Gasteiger partial charge in [-0.15, -0.1) is 0 Å². The van der Waals surface area contributed by atoms with E-state index in [-0.39, 0.29) is 5.97 Å². The van der Waals surface area contributed by atoms with Crippen molar-refractivity contribution in [1.29, 1.82) is 0 Å². The third-order valence-corrected chi connectivity index (χ3v) is 2.81. The van der Waals surface area contributed by atoms with Gasteiger partial charge in [0.25, 0.3) is 0 Å². The van der Waals surface area contributed by atoms with Gasteiger partial charge in [0.15, 0.2) is 0 Å². The molecule has 0 aliphatic heterocycles. The maximum absolute atomic E-state index is 11.6. The van der Waals surface area contributed by atoms with Crippen LogP contribution < -0.4 is 4.74 Å². The Morgan fingerprint density at radius 1 is 1.26 bits per heavy atom. The molecule has 0 fully saturated rings. The monoisotopic (exact) mass is 321 g/mol. The summed E-state index contributed by atoms with van der Waals surface area (Å²) < 4.78 is 11.4. The van der Waals surface area contributed by atoms with Crippen molar-refractivity contribution in [2.45, 2.75) is 6.92 Å². The van der Waals surface area contributed by atoms with Crippen LogP contribution in [0.4, 0.5) is 0 Å². The summed E-state index contributed by atoms with van der Waals surface area (Å²) in [7, 11) is 0. The summed E-state index contributed by atoms with van der Waals surface area (Å²) >= 11 is 3.35. The number of aromatic nitrogens is 1. The van der Waals surface area contributed by atoms with Crippen LogP contribution in [-0.2, 0) is 4.74 Å². The van der Waals surface area contributed by atoms with E-state index >= 15 is 0 Å². The number of esters is 1. The van der Waals surface area contributed by atoms with Gasteiger partial charge >= 0.3 is 5.97 Å². The van der Waals surface area contributed by atoms with E-state index in [1.54, 1.807) is 19.1 Å². The van der Waals surface area contributed by atoms with E-state index in [2.05, 4.69) is 20.9 Å². The number of ether oxygens (including phenoxy) is 2. The molecule has 2 aromatic rings. The van der Waals surface area contributed by atoms with E-state index in [9.17, 15) is 4.79 Å². The fraction of sp³-hybridized carbons (Fsp3) is 0.143. The van der Waals surface area contributed by atoms with E-state index in [0.717, 1.165) is 4.47 Å². The highest BCUT2D eigenvalue weighted by Gasteiger charge is 2.08. The lowest BCUT2D eigenvalue weighted by molar-refractivity contribution is 0.0526. The third kappa shape index (κ3) is 3.79. The van der Waals surface area contributed by atoms with Crippen molar-refractivity contribution in [3.63, 3.8) is 0 Å². The molecule has 5 heteroatoms. The van der Waals surface area contributed by atoms with Gasteiger partial charge in [0.05, 0.1) is 12.2 Å². The Bertz CT molecular complexity index is 569. The topological polar surface area (TPSA) is 48.4 Å². The molecule has 98 valence electrons. The summed E-state index contributed by atoms with van der Waals surface area (Å²) in [5.41, 5.74) is 0.420. The second kappa shape index (κ2) is 6.33. The van der Waals surface area contributed by atoms with Crippen molar-refractivity contribution >= 4 is 21.9 Å². The fourth-order valence-electron chi connectivity index (χ4n) is 1.43. The molecule has 0 saturated carbocycles. The number of halogens is 1. The van der Waals surface area contributed by atoms with E-state index < -0.39 is 0 Å². The number of carbonyl (C=O) groups is 1. The number of pyridine rings is 1. The first-order valence-electron chi connectivity index (χ1n) is 5.75. The van der Waals surface area contributed by atoms with E-state index in [0.29, 0.717) is 23.8 Å². The minimum atomic E-state index is -0.384. The SMILES string of the molecule is CCOC(=O)c1ccnc(Oc2ccc(Br)cc2)c1. The zero-order chi connectivity index (χ0) is 13.7. The van der Waals surface area contributed by atoms with Crippen molar-refractivity contribution in [2.24, 2.45) is 0 Å². The van der Waals surface area contributed by atoms with E-state index in [1.807, 2.05) is 24.3 Å². The first kappa shape index (κ1) is 13.5. The number of nitrogens with zero attached hydrogens (tertiary/aromatic N) is 1. The minimum absolute atomic E-state index is 0.337. The van der Waals surface area contributed by atoms with Gasteiger partial charge in [-0.3, -0.25) is 0 Å². The molecule has 0 atom stereocenters. The van der Waals surface area contributed by atoms with Crippen molar-refractivity contribution in [3.8, 4) is 11.6 Å². The summed E-state index contributed by atoms with van der Waals surface area (Å²) in [6.07, 6.45) is 1.51. The van der Waals surface area contributed by atoms with Crippen LogP contribution in [0, 0.1) is 0 Å². The Balaban J connectivity index is 2.15. The maximum atomic E-state index is 11.6. The zero-order valence-corrected chi connectivity index (χ0v) is 11.9. The first-order chi connectivity index (χ1) is 9.19. The second-order valence-electron chi connectivity index (χ2n) is 3.66. The zero-order valence-electron chi connectivity index (χ0n) is 10.3. The first-order valence-corrected chi connectivity index (χ1v) is 6.55. The van der Waals surface area contributed by atoms with Crippen LogP contribution >= 0.6 is 15.9 Å². The second-order valence-corrected chi connectivity index (χ2v) is 4.57. The largest absolute Gasteiger partial charge is 0.462 e. The smallest absolute Gasteiger partial charge is 0.338 e. The predicted molar refractivity (Wildman–Crippen MR) is 74.4 cm³/mol. The van der Waals surface area contributed by atoms with E-state index in [1.165, 1.54) is 6.20 Å². The number of benzene rings is 1. The average molecular weight is 322 g/mol. The molecule has 4 nitrogen and oxygen atoms in total. The van der Waals surface area contributed by atoms with Crippen LogP contribution in [0.5, 0.6) is 11.6 Å². The predicted octanol–water partition coefficient (Wildman–Crippen LogP) is 3.81. The molecular weight excluding hydrogens is 310 g/mol. The van der Waals surface area contributed by atoms with Gasteiger partial charge in [-0.25, -0.2) is 9.78 Å². The van der Waals surface area contributed by atoms with E-state index in [4.69, 9.17) is 9.47 Å². The summed E-state index contributed by atoms with van der Waals surface area (Å²) in [6, 6.07) is 10.5. The number of hydrogen-bond acceptors (Lipinski definition) is 4. The molecule has 0 amide bonds. The maximum Gasteiger partial charge on any atom is 0.338 e. The molecule has 2 rings (SSSR count). The summed E-state index contributed by atoms with van der Waals surface area (Å²) in [5.74, 6) is 0.621. The molecule has 0 unspecified atom stereocenters. The molecule has 1 aromatic heterocycles. The molecule has 0 bridgehead atoms. The highest BCUT2D eigenvalue weighted by molar-refractivity contribution is 9.10. The summed E-state index contributed by atoms with van der Waals surface area (Å²) in [6.45, 7) is 2.10. The Labute approximate surface area is 119 Å². The Morgan fingerprint density at radius 2 is 2.00 bits per heavy atom. The lowest BCUT2D eigenvalue weighted by atomic mass is 10.3. The average Bonchev–Trinajstić information content (AvgIpc) is 2.42. The van der Waals surface area contributed by atoms with Crippen LogP contribution in [0.25, 0.3) is 0 Å². The number of rotatable bonds is 4. The Kier molecular flexibility index (Phi) is 4.52. The number of hydrogen-bond donors (Lipinski definition) is 0. The quantitative estimate of drug-likeness (QED) is 0.803. The Hall–Kier alpha value is -1.88. The highest BCUT2D eigenvalue weighted by atomic mass is 79.9. The molecule has 0 N–H and O–H groups in total. The summed E-state index contributed by atoms with van der Waals surface area (Å²) in [4.78, 5) is 15.6. The van der Waals surface area contributed by atoms with Crippen LogP contribution in [0.3, 0.4) is 0 Å². The van der Waals surface area contributed by atoms with Crippen molar-refractivity contribution < 1.29 is 14.3 Å². The van der Waals surface area contributed by atoms with Crippen molar-refractivity contribution in [1.82, 2.24) is 4.98 Å². The standard InChI is InChI=1S/C14H12BrNO3/c1-2-18-14(17)10-7-8-16-13(9-10)19-12-5-3-11(15)4-6-12/h3-9H,2H2,1H3. The molecule has 0 aliphatic rings. The summed E-state index contributed by atoms with van der Waals surface area (Å²) in [5, 5.41) is 0. The normalized spacial score (nSPS) is 10.0. The minimum Gasteiger partial charge on any atom is -0.462 e. The van der Waals surface area contributed by atoms with Gasteiger partial charge in [-0.1, -0.05) is 15.9 Å². The van der Waals surface area contributed by atoms with Crippen LogP contribution in [0.15, 0.2) is 47.1 Å². The fourth-order valence-corrected chi connectivity index (χ4v) is 1.69. The van der Waals surface area contributed by atoms with Crippen molar-refractivity contribution in [2.75, 3.05) is 6.61 Å². The van der Waals surface area contributed by atoms with Crippen LogP contribution in [-0.4, -0.2) is 17.6 Å². The van der Waals surface area contributed by atoms with Gasteiger partial charge in [0.1, 0.15) is 5.75 Å². The molecule has 1 aromatic carbocycles. The van der Waals surface area contributed by atoms with Crippen LogP contribution in [0.1, 0.15) is 17.3 Å². The molecule has 0 saturated heterocycles. The van der Waals surface area contributed by atoms with Gasteiger partial charge in [-0.2, -0.15) is 0 Å². The highest BCUT2D eigenvalue weighted by Crippen LogP contribution is 2.22. The Morgan fingerprint density at radius 3 is 2.68 bits per heavy atom. The van der Waals surface area contributed by atoms with Gasteiger partial charge in [0.2, 0.25) is 5.88 Å². The van der Waals surface area contributed by atoms with Gasteiger partial charge < -0.3 is 9.47 Å². The molecular formula is C14H12BrNO3. The lowest BCUT2D eigenvalue weighted by Gasteiger charge is -2.06.